The molecule has 1 aliphatic rings. The Kier molecular flexibility index (Phi) is 3.98. The van der Waals surface area contributed by atoms with Gasteiger partial charge in [0.15, 0.2) is 0 Å². The molecule has 1 saturated carbocycles. The lowest BCUT2D eigenvalue weighted by molar-refractivity contribution is 0.00596. The SMILES string of the molecule is Nc1cc(Br)ccc1SCC1CCC(F)(F)C1. The summed E-state index contributed by atoms with van der Waals surface area (Å²) in [4.78, 5) is 0.975. The van der Waals surface area contributed by atoms with E-state index >= 15 is 0 Å². The van der Waals surface area contributed by atoms with Crippen molar-refractivity contribution in [3.8, 4) is 0 Å². The third-order valence-corrected chi connectivity index (χ3v) is 4.77. The van der Waals surface area contributed by atoms with Gasteiger partial charge in [0.1, 0.15) is 0 Å². The van der Waals surface area contributed by atoms with Gasteiger partial charge < -0.3 is 5.73 Å². The van der Waals surface area contributed by atoms with E-state index in [4.69, 9.17) is 5.73 Å². The van der Waals surface area contributed by atoms with E-state index in [1.54, 1.807) is 11.8 Å². The Balaban J connectivity index is 1.90. The van der Waals surface area contributed by atoms with Gasteiger partial charge in [0, 0.05) is 33.7 Å². The van der Waals surface area contributed by atoms with Gasteiger partial charge in [-0.2, -0.15) is 0 Å². The predicted molar refractivity (Wildman–Crippen MR) is 71.6 cm³/mol. The van der Waals surface area contributed by atoms with Crippen LogP contribution in [0.15, 0.2) is 27.6 Å². The maximum absolute atomic E-state index is 13.0. The maximum Gasteiger partial charge on any atom is 0.248 e. The van der Waals surface area contributed by atoms with E-state index in [0.29, 0.717) is 12.1 Å². The lowest BCUT2D eigenvalue weighted by Gasteiger charge is -2.11. The first-order valence-corrected chi connectivity index (χ1v) is 7.30. The van der Waals surface area contributed by atoms with Crippen LogP contribution in [0.5, 0.6) is 0 Å². The van der Waals surface area contributed by atoms with Gasteiger partial charge in [-0.3, -0.25) is 0 Å². The summed E-state index contributed by atoms with van der Waals surface area (Å²) in [5.74, 6) is -1.61. The molecule has 17 heavy (non-hydrogen) atoms. The molecule has 0 heterocycles. The van der Waals surface area contributed by atoms with E-state index in [-0.39, 0.29) is 18.8 Å². The number of anilines is 1. The Morgan fingerprint density at radius 1 is 1.47 bits per heavy atom. The second-order valence-electron chi connectivity index (χ2n) is 4.46. The van der Waals surface area contributed by atoms with Crippen molar-refractivity contribution in [3.63, 3.8) is 0 Å². The highest BCUT2D eigenvalue weighted by molar-refractivity contribution is 9.10. The van der Waals surface area contributed by atoms with Crippen LogP contribution in [0.4, 0.5) is 14.5 Å². The number of benzene rings is 1. The molecule has 5 heteroatoms. The van der Waals surface area contributed by atoms with Gasteiger partial charge in [-0.25, -0.2) is 8.78 Å². The van der Waals surface area contributed by atoms with E-state index in [2.05, 4.69) is 15.9 Å². The number of nitrogen functional groups attached to an aromatic ring is 1. The second-order valence-corrected chi connectivity index (χ2v) is 6.44. The number of nitrogens with two attached hydrogens (primary N) is 1. The molecular weight excluding hydrogens is 308 g/mol. The molecule has 1 atom stereocenters. The van der Waals surface area contributed by atoms with Gasteiger partial charge in [0.25, 0.3) is 0 Å². The van der Waals surface area contributed by atoms with Crippen LogP contribution < -0.4 is 5.73 Å². The first-order valence-electron chi connectivity index (χ1n) is 5.52. The monoisotopic (exact) mass is 321 g/mol. The predicted octanol–water partition coefficient (Wildman–Crippen LogP) is 4.56. The van der Waals surface area contributed by atoms with Gasteiger partial charge >= 0.3 is 0 Å². The Bertz CT molecular complexity index is 411. The topological polar surface area (TPSA) is 26.0 Å². The van der Waals surface area contributed by atoms with Crippen LogP contribution >= 0.6 is 27.7 Å². The van der Waals surface area contributed by atoms with Crippen molar-refractivity contribution in [1.82, 2.24) is 0 Å². The van der Waals surface area contributed by atoms with E-state index < -0.39 is 5.92 Å². The first kappa shape index (κ1) is 13.1. The summed E-state index contributed by atoms with van der Waals surface area (Å²) in [6.45, 7) is 0. The van der Waals surface area contributed by atoms with Gasteiger partial charge in [0.2, 0.25) is 5.92 Å². The zero-order valence-electron chi connectivity index (χ0n) is 9.26. The maximum atomic E-state index is 13.0. The molecule has 0 amide bonds. The van der Waals surface area contributed by atoms with E-state index in [0.717, 1.165) is 15.1 Å². The Hall–Kier alpha value is -0.290. The summed E-state index contributed by atoms with van der Waals surface area (Å²) in [6.07, 6.45) is 0.681. The minimum atomic E-state index is -2.45. The van der Waals surface area contributed by atoms with E-state index in [1.165, 1.54) is 0 Å². The third kappa shape index (κ3) is 3.58. The van der Waals surface area contributed by atoms with Crippen LogP contribution in [-0.2, 0) is 0 Å². The molecule has 1 nitrogen and oxygen atoms in total. The average Bonchev–Trinajstić information content (AvgIpc) is 2.57. The van der Waals surface area contributed by atoms with Crippen LogP contribution in [-0.4, -0.2) is 11.7 Å². The van der Waals surface area contributed by atoms with Crippen molar-refractivity contribution in [1.29, 1.82) is 0 Å². The van der Waals surface area contributed by atoms with Gasteiger partial charge in [-0.15, -0.1) is 11.8 Å². The average molecular weight is 322 g/mol. The summed E-state index contributed by atoms with van der Waals surface area (Å²) >= 11 is 4.91. The Morgan fingerprint density at radius 2 is 2.24 bits per heavy atom. The lowest BCUT2D eigenvalue weighted by Crippen LogP contribution is -2.10. The van der Waals surface area contributed by atoms with Crippen LogP contribution in [0.3, 0.4) is 0 Å². The molecule has 0 aromatic heterocycles. The fourth-order valence-electron chi connectivity index (χ4n) is 2.04. The van der Waals surface area contributed by atoms with E-state index in [9.17, 15) is 8.78 Å². The molecule has 2 N–H and O–H groups in total. The molecule has 94 valence electrons. The number of hydrogen-bond acceptors (Lipinski definition) is 2. The van der Waals surface area contributed by atoms with Crippen molar-refractivity contribution in [2.75, 3.05) is 11.5 Å². The van der Waals surface area contributed by atoms with Crippen LogP contribution in [0, 0.1) is 5.92 Å². The number of alkyl halides is 2. The minimum absolute atomic E-state index is 0.0242. The van der Waals surface area contributed by atoms with Crippen LogP contribution in [0.1, 0.15) is 19.3 Å². The zero-order chi connectivity index (χ0) is 12.5. The Labute approximate surface area is 112 Å². The second kappa shape index (κ2) is 5.14. The summed E-state index contributed by atoms with van der Waals surface area (Å²) in [6, 6.07) is 5.69. The van der Waals surface area contributed by atoms with Crippen molar-refractivity contribution in [2.24, 2.45) is 5.92 Å². The highest BCUT2D eigenvalue weighted by Gasteiger charge is 2.39. The molecule has 2 rings (SSSR count). The Morgan fingerprint density at radius 3 is 2.82 bits per heavy atom. The molecule has 1 unspecified atom stereocenters. The van der Waals surface area contributed by atoms with Crippen molar-refractivity contribution < 1.29 is 8.78 Å². The van der Waals surface area contributed by atoms with Crippen molar-refractivity contribution in [2.45, 2.75) is 30.1 Å². The van der Waals surface area contributed by atoms with Crippen molar-refractivity contribution in [3.05, 3.63) is 22.7 Å². The first-order chi connectivity index (χ1) is 7.96. The highest BCUT2D eigenvalue weighted by atomic mass is 79.9. The standard InChI is InChI=1S/C12H14BrF2NS/c13-9-1-2-11(10(16)5-9)17-7-8-3-4-12(14,15)6-8/h1-2,5,8H,3-4,6-7,16H2. The summed E-state index contributed by atoms with van der Waals surface area (Å²) in [5.41, 5.74) is 6.56. The fraction of sp³-hybridized carbons (Fsp3) is 0.500. The lowest BCUT2D eigenvalue weighted by atomic mass is 10.1. The number of rotatable bonds is 3. The summed E-state index contributed by atoms with van der Waals surface area (Å²) in [7, 11) is 0. The third-order valence-electron chi connectivity index (χ3n) is 2.95. The number of thioether (sulfide) groups is 1. The normalized spacial score (nSPS) is 22.9. The smallest absolute Gasteiger partial charge is 0.248 e. The fourth-order valence-corrected chi connectivity index (χ4v) is 3.51. The molecule has 0 spiro atoms. The molecule has 0 aliphatic heterocycles. The number of halogens is 3. The van der Waals surface area contributed by atoms with Crippen LogP contribution in [0.2, 0.25) is 0 Å². The zero-order valence-corrected chi connectivity index (χ0v) is 11.7. The largest absolute Gasteiger partial charge is 0.398 e. The molecule has 1 aliphatic carbocycles. The quantitative estimate of drug-likeness (QED) is 0.652. The van der Waals surface area contributed by atoms with Crippen LogP contribution in [0.25, 0.3) is 0 Å². The molecular formula is C12H14BrF2NS. The highest BCUT2D eigenvalue weighted by Crippen LogP contribution is 2.41. The molecule has 1 fully saturated rings. The van der Waals surface area contributed by atoms with Gasteiger partial charge in [-0.05, 0) is 30.5 Å². The molecule has 0 radical (unpaired) electrons. The molecule has 1 aromatic rings. The summed E-state index contributed by atoms with van der Waals surface area (Å²) < 4.78 is 27.0. The van der Waals surface area contributed by atoms with Gasteiger partial charge in [0.05, 0.1) is 0 Å². The van der Waals surface area contributed by atoms with Crippen molar-refractivity contribution >= 4 is 33.4 Å². The van der Waals surface area contributed by atoms with E-state index in [1.807, 2.05) is 18.2 Å². The summed E-state index contributed by atoms with van der Waals surface area (Å²) in [5, 5.41) is 0. The molecule has 1 aromatic carbocycles. The molecule has 0 bridgehead atoms. The number of hydrogen-bond donors (Lipinski definition) is 1. The minimum Gasteiger partial charge on any atom is -0.398 e. The molecule has 0 saturated heterocycles. The van der Waals surface area contributed by atoms with Gasteiger partial charge in [-0.1, -0.05) is 15.9 Å².